The van der Waals surface area contributed by atoms with Gasteiger partial charge < -0.3 is 16.2 Å². The minimum absolute atomic E-state index is 0.00573. The van der Waals surface area contributed by atoms with Crippen LogP contribution >= 0.6 is 0 Å². The molecule has 0 unspecified atom stereocenters. The summed E-state index contributed by atoms with van der Waals surface area (Å²) in [6.07, 6.45) is 2.01. The average Bonchev–Trinajstić information content (AvgIpc) is 2.82. The average molecular weight is 463 g/mol. The number of sulfone groups is 1. The van der Waals surface area contributed by atoms with Crippen LogP contribution in [0.3, 0.4) is 0 Å². The third-order valence-corrected chi connectivity index (χ3v) is 6.64. The zero-order valence-corrected chi connectivity index (χ0v) is 19.3. The molecule has 0 bridgehead atoms. The summed E-state index contributed by atoms with van der Waals surface area (Å²) in [4.78, 5) is 9.63. The molecule has 1 heterocycles. The summed E-state index contributed by atoms with van der Waals surface area (Å²) in [7, 11) is -3.27. The molecule has 4 rings (SSSR count). The number of aromatic hydroxyl groups is 1. The van der Waals surface area contributed by atoms with Gasteiger partial charge in [-0.15, -0.1) is 0 Å². The van der Waals surface area contributed by atoms with E-state index in [4.69, 9.17) is 10.7 Å². The maximum absolute atomic E-state index is 11.8. The van der Waals surface area contributed by atoms with Gasteiger partial charge in [0, 0.05) is 24.2 Å². The second-order valence-corrected chi connectivity index (χ2v) is 10.0. The fourth-order valence-electron chi connectivity index (χ4n) is 3.49. The summed E-state index contributed by atoms with van der Waals surface area (Å²) in [5.74, 6) is 1.09. The summed E-state index contributed by atoms with van der Waals surface area (Å²) >= 11 is 0. The number of hydrogen-bond donors (Lipinski definition) is 3. The normalized spacial score (nSPS) is 12.6. The van der Waals surface area contributed by atoms with Crippen LogP contribution in [0.2, 0.25) is 0 Å². The molecule has 1 aromatic heterocycles. The minimum Gasteiger partial charge on any atom is -0.507 e. The van der Waals surface area contributed by atoms with Gasteiger partial charge in [0.05, 0.1) is 16.0 Å². The quantitative estimate of drug-likeness (QED) is 0.376. The van der Waals surface area contributed by atoms with E-state index in [-0.39, 0.29) is 16.7 Å². The van der Waals surface area contributed by atoms with Crippen molar-refractivity contribution < 1.29 is 13.5 Å². The molecule has 0 aliphatic rings. The third-order valence-electron chi connectivity index (χ3n) is 5.51. The lowest BCUT2D eigenvalue weighted by Crippen LogP contribution is -2.28. The molecular formula is C25H26N4O3S. The maximum atomic E-state index is 11.8. The standard InChI is InChI=1S/C25H26N4O3S/c1-3-18(26)15-27-24-20-6-4-5-7-22(20)28-25(29-24)21-14-17(10-13-23(21)30)16-8-11-19(12-9-16)33(2,31)32/h4-14,18,30H,3,15,26H2,1-2H3,(H,27,28,29)/t18-/m1/s1. The first kappa shape index (κ1) is 22.7. The summed E-state index contributed by atoms with van der Waals surface area (Å²) in [6.45, 7) is 2.59. The van der Waals surface area contributed by atoms with E-state index >= 15 is 0 Å². The number of rotatable bonds is 7. The van der Waals surface area contributed by atoms with Crippen molar-refractivity contribution in [3.05, 3.63) is 66.7 Å². The number of nitrogens with zero attached hydrogens (tertiary/aromatic N) is 2. The van der Waals surface area contributed by atoms with E-state index in [2.05, 4.69) is 10.3 Å². The smallest absolute Gasteiger partial charge is 0.175 e. The minimum atomic E-state index is -3.27. The topological polar surface area (TPSA) is 118 Å². The van der Waals surface area contributed by atoms with Crippen LogP contribution in [0.4, 0.5) is 5.82 Å². The van der Waals surface area contributed by atoms with Gasteiger partial charge in [-0.2, -0.15) is 0 Å². The van der Waals surface area contributed by atoms with Gasteiger partial charge in [0.2, 0.25) is 0 Å². The Hall–Kier alpha value is -3.49. The van der Waals surface area contributed by atoms with Crippen molar-refractivity contribution in [1.29, 1.82) is 0 Å². The molecule has 8 heteroatoms. The molecule has 0 spiro atoms. The van der Waals surface area contributed by atoms with E-state index in [0.29, 0.717) is 23.8 Å². The van der Waals surface area contributed by atoms with Gasteiger partial charge in [-0.1, -0.05) is 37.3 Å². The van der Waals surface area contributed by atoms with E-state index in [1.807, 2.05) is 31.2 Å². The molecule has 170 valence electrons. The summed E-state index contributed by atoms with van der Waals surface area (Å²) < 4.78 is 23.5. The van der Waals surface area contributed by atoms with Gasteiger partial charge in [-0.05, 0) is 53.9 Å². The molecule has 0 amide bonds. The van der Waals surface area contributed by atoms with Gasteiger partial charge >= 0.3 is 0 Å². The Kier molecular flexibility index (Phi) is 6.31. The van der Waals surface area contributed by atoms with Crippen molar-refractivity contribution >= 4 is 26.6 Å². The van der Waals surface area contributed by atoms with Gasteiger partial charge in [-0.3, -0.25) is 0 Å². The number of nitrogens with two attached hydrogens (primary N) is 1. The lowest BCUT2D eigenvalue weighted by atomic mass is 10.0. The Balaban J connectivity index is 1.78. The molecule has 3 aromatic carbocycles. The van der Waals surface area contributed by atoms with Gasteiger partial charge in [0.15, 0.2) is 15.7 Å². The fourth-order valence-corrected chi connectivity index (χ4v) is 4.12. The Morgan fingerprint density at radius 3 is 2.39 bits per heavy atom. The molecule has 0 saturated carbocycles. The van der Waals surface area contributed by atoms with E-state index < -0.39 is 9.84 Å². The molecule has 0 saturated heterocycles. The van der Waals surface area contributed by atoms with E-state index in [1.165, 1.54) is 6.26 Å². The number of benzene rings is 3. The van der Waals surface area contributed by atoms with Crippen LogP contribution in [0, 0.1) is 0 Å². The monoisotopic (exact) mass is 462 g/mol. The van der Waals surface area contributed by atoms with Crippen molar-refractivity contribution in [3.63, 3.8) is 0 Å². The number of phenolic OH excluding ortho intramolecular Hbond substituents is 1. The van der Waals surface area contributed by atoms with Crippen LogP contribution in [0.1, 0.15) is 13.3 Å². The van der Waals surface area contributed by atoms with Crippen LogP contribution in [-0.4, -0.2) is 42.3 Å². The molecule has 0 aliphatic heterocycles. The lowest BCUT2D eigenvalue weighted by Gasteiger charge is -2.14. The molecule has 1 atom stereocenters. The Labute approximate surface area is 193 Å². The summed E-state index contributed by atoms with van der Waals surface area (Å²) in [5.41, 5.74) is 8.93. The second-order valence-electron chi connectivity index (χ2n) is 7.99. The number of nitrogens with one attached hydrogen (secondary N) is 1. The SMILES string of the molecule is CC[C@@H](N)CNc1nc(-c2cc(-c3ccc(S(C)(=O)=O)cc3)ccc2O)nc2ccccc12. The number of hydrogen-bond acceptors (Lipinski definition) is 7. The molecule has 7 nitrogen and oxygen atoms in total. The van der Waals surface area contributed by atoms with Crippen LogP contribution < -0.4 is 11.1 Å². The zero-order chi connectivity index (χ0) is 23.6. The van der Waals surface area contributed by atoms with Crippen LogP contribution in [0.15, 0.2) is 71.6 Å². The molecular weight excluding hydrogens is 436 g/mol. The van der Waals surface area contributed by atoms with Crippen LogP contribution in [-0.2, 0) is 9.84 Å². The second kappa shape index (κ2) is 9.17. The van der Waals surface area contributed by atoms with E-state index in [9.17, 15) is 13.5 Å². The van der Waals surface area contributed by atoms with E-state index in [0.717, 1.165) is 28.5 Å². The Bertz CT molecular complexity index is 1400. The van der Waals surface area contributed by atoms with Gasteiger partial charge in [-0.25, -0.2) is 18.4 Å². The molecule has 33 heavy (non-hydrogen) atoms. The first-order valence-electron chi connectivity index (χ1n) is 10.7. The summed E-state index contributed by atoms with van der Waals surface area (Å²) in [5, 5.41) is 14.8. The van der Waals surface area contributed by atoms with Crippen molar-refractivity contribution in [1.82, 2.24) is 9.97 Å². The van der Waals surface area contributed by atoms with Crippen LogP contribution in [0.5, 0.6) is 5.75 Å². The van der Waals surface area contributed by atoms with Crippen LogP contribution in [0.25, 0.3) is 33.4 Å². The lowest BCUT2D eigenvalue weighted by molar-refractivity contribution is 0.477. The number of anilines is 1. The van der Waals surface area contributed by atoms with E-state index in [1.54, 1.807) is 42.5 Å². The predicted molar refractivity (Wildman–Crippen MR) is 132 cm³/mol. The number of fused-ring (bicyclic) bond motifs is 1. The van der Waals surface area contributed by atoms with Crippen molar-refractivity contribution in [2.24, 2.45) is 5.73 Å². The van der Waals surface area contributed by atoms with Gasteiger partial charge in [0.1, 0.15) is 11.6 Å². The Morgan fingerprint density at radius 1 is 1.00 bits per heavy atom. The highest BCUT2D eigenvalue weighted by Crippen LogP contribution is 2.34. The van der Waals surface area contributed by atoms with Crippen molar-refractivity contribution in [2.75, 3.05) is 18.1 Å². The molecule has 0 aliphatic carbocycles. The molecule has 4 N–H and O–H groups in total. The third kappa shape index (κ3) is 4.97. The predicted octanol–water partition coefficient (Wildman–Crippen LogP) is 4.22. The van der Waals surface area contributed by atoms with Crippen molar-refractivity contribution in [3.8, 4) is 28.3 Å². The maximum Gasteiger partial charge on any atom is 0.175 e. The van der Waals surface area contributed by atoms with Crippen molar-refractivity contribution in [2.45, 2.75) is 24.3 Å². The Morgan fingerprint density at radius 2 is 1.70 bits per heavy atom. The largest absolute Gasteiger partial charge is 0.507 e. The fraction of sp³-hybridized carbons (Fsp3) is 0.200. The number of para-hydroxylation sites is 1. The highest BCUT2D eigenvalue weighted by molar-refractivity contribution is 7.90. The number of aromatic nitrogens is 2. The molecule has 4 aromatic rings. The first-order chi connectivity index (χ1) is 15.8. The summed E-state index contributed by atoms with van der Waals surface area (Å²) in [6, 6.07) is 19.5. The molecule has 0 radical (unpaired) electrons. The highest BCUT2D eigenvalue weighted by Gasteiger charge is 2.15. The van der Waals surface area contributed by atoms with Gasteiger partial charge in [0.25, 0.3) is 0 Å². The highest BCUT2D eigenvalue weighted by atomic mass is 32.2. The number of phenols is 1. The zero-order valence-electron chi connectivity index (χ0n) is 18.5. The molecule has 0 fully saturated rings. The first-order valence-corrected chi connectivity index (χ1v) is 12.6.